The van der Waals surface area contributed by atoms with Crippen molar-refractivity contribution in [2.75, 3.05) is 5.73 Å². The Balaban J connectivity index is 2.14. The predicted molar refractivity (Wildman–Crippen MR) is 73.5 cm³/mol. The maximum Gasteiger partial charge on any atom is 0.253 e. The largest absolute Gasteiger partial charge is 0.398 e. The molecule has 2 rings (SSSR count). The summed E-state index contributed by atoms with van der Waals surface area (Å²) in [5.41, 5.74) is 6.78. The summed E-state index contributed by atoms with van der Waals surface area (Å²) >= 11 is 1.54. The van der Waals surface area contributed by atoms with E-state index in [1.54, 1.807) is 24.4 Å². The van der Waals surface area contributed by atoms with Gasteiger partial charge in [-0.1, -0.05) is 19.1 Å². The lowest BCUT2D eigenvalue weighted by atomic mass is 10.1. The molecule has 3 N–H and O–H groups in total. The van der Waals surface area contributed by atoms with Crippen LogP contribution in [0.4, 0.5) is 5.69 Å². The minimum Gasteiger partial charge on any atom is -0.398 e. The predicted octanol–water partition coefficient (Wildman–Crippen LogP) is 2.61. The van der Waals surface area contributed by atoms with Crippen molar-refractivity contribution < 1.29 is 4.79 Å². The summed E-state index contributed by atoms with van der Waals surface area (Å²) in [4.78, 5) is 16.3. The molecular formula is C13H15N3OS. The Morgan fingerprint density at radius 3 is 2.89 bits per heavy atom. The molecule has 1 atom stereocenters. The number of nitrogen functional groups attached to an aromatic ring is 1. The fourth-order valence-electron chi connectivity index (χ4n) is 1.68. The molecule has 1 aromatic heterocycles. The monoisotopic (exact) mass is 261 g/mol. The van der Waals surface area contributed by atoms with Crippen LogP contribution in [0, 0.1) is 0 Å². The number of anilines is 1. The van der Waals surface area contributed by atoms with Crippen molar-refractivity contribution in [2.24, 2.45) is 0 Å². The van der Waals surface area contributed by atoms with Crippen molar-refractivity contribution in [2.45, 2.75) is 19.4 Å². The van der Waals surface area contributed by atoms with Gasteiger partial charge in [-0.3, -0.25) is 4.79 Å². The number of rotatable bonds is 4. The number of nitrogens with two attached hydrogens (primary N) is 1. The van der Waals surface area contributed by atoms with Crippen LogP contribution in [0.25, 0.3) is 0 Å². The van der Waals surface area contributed by atoms with Crippen LogP contribution in [-0.2, 0) is 0 Å². The molecule has 5 heteroatoms. The van der Waals surface area contributed by atoms with Gasteiger partial charge in [0.15, 0.2) is 0 Å². The van der Waals surface area contributed by atoms with E-state index in [4.69, 9.17) is 5.73 Å². The van der Waals surface area contributed by atoms with Crippen LogP contribution >= 0.6 is 11.3 Å². The quantitative estimate of drug-likeness (QED) is 0.831. The number of aromatic nitrogens is 1. The van der Waals surface area contributed by atoms with E-state index in [1.807, 2.05) is 18.4 Å². The zero-order chi connectivity index (χ0) is 13.0. The number of amides is 1. The lowest BCUT2D eigenvalue weighted by Crippen LogP contribution is -2.28. The van der Waals surface area contributed by atoms with Crippen molar-refractivity contribution >= 4 is 22.9 Å². The maximum absolute atomic E-state index is 12.1. The average molecular weight is 261 g/mol. The third-order valence-electron chi connectivity index (χ3n) is 2.67. The molecule has 0 bridgehead atoms. The molecule has 1 aromatic carbocycles. The molecule has 0 aliphatic heterocycles. The fourth-order valence-corrected chi connectivity index (χ4v) is 2.46. The van der Waals surface area contributed by atoms with Gasteiger partial charge < -0.3 is 11.1 Å². The van der Waals surface area contributed by atoms with E-state index in [0.29, 0.717) is 11.3 Å². The van der Waals surface area contributed by atoms with Gasteiger partial charge in [-0.2, -0.15) is 0 Å². The molecule has 2 aromatic rings. The van der Waals surface area contributed by atoms with Gasteiger partial charge in [0.05, 0.1) is 11.6 Å². The Kier molecular flexibility index (Phi) is 3.94. The summed E-state index contributed by atoms with van der Waals surface area (Å²) < 4.78 is 0. The van der Waals surface area contributed by atoms with E-state index in [1.165, 1.54) is 11.3 Å². The highest BCUT2D eigenvalue weighted by Crippen LogP contribution is 2.20. The molecule has 0 fully saturated rings. The van der Waals surface area contributed by atoms with Crippen molar-refractivity contribution in [1.82, 2.24) is 10.3 Å². The van der Waals surface area contributed by atoms with Crippen molar-refractivity contribution in [1.29, 1.82) is 0 Å². The first kappa shape index (κ1) is 12.6. The number of para-hydroxylation sites is 1. The van der Waals surface area contributed by atoms with E-state index in [0.717, 1.165) is 11.4 Å². The van der Waals surface area contributed by atoms with Gasteiger partial charge >= 0.3 is 0 Å². The molecule has 0 spiro atoms. The van der Waals surface area contributed by atoms with Crippen LogP contribution in [0.1, 0.15) is 34.8 Å². The molecule has 0 aliphatic carbocycles. The number of hydrogen-bond acceptors (Lipinski definition) is 4. The summed E-state index contributed by atoms with van der Waals surface area (Å²) in [5, 5.41) is 5.78. The molecule has 1 unspecified atom stereocenters. The van der Waals surface area contributed by atoms with Crippen LogP contribution in [0.2, 0.25) is 0 Å². The second-order valence-corrected chi connectivity index (χ2v) is 4.82. The smallest absolute Gasteiger partial charge is 0.253 e. The number of nitrogens with one attached hydrogen (secondary N) is 1. The molecule has 1 amide bonds. The first-order chi connectivity index (χ1) is 8.72. The highest BCUT2D eigenvalue weighted by molar-refractivity contribution is 7.09. The van der Waals surface area contributed by atoms with Gasteiger partial charge in [-0.05, 0) is 18.6 Å². The van der Waals surface area contributed by atoms with Gasteiger partial charge in [0.1, 0.15) is 5.01 Å². The van der Waals surface area contributed by atoms with Crippen LogP contribution < -0.4 is 11.1 Å². The van der Waals surface area contributed by atoms with Crippen LogP contribution in [-0.4, -0.2) is 10.9 Å². The summed E-state index contributed by atoms with van der Waals surface area (Å²) in [6.07, 6.45) is 2.54. The maximum atomic E-state index is 12.1. The van der Waals surface area contributed by atoms with Crippen LogP contribution in [0.15, 0.2) is 35.8 Å². The normalized spacial score (nSPS) is 12.1. The zero-order valence-corrected chi connectivity index (χ0v) is 10.9. The number of thiazole rings is 1. The fraction of sp³-hybridized carbons (Fsp3) is 0.231. The molecule has 94 valence electrons. The van der Waals surface area contributed by atoms with Crippen molar-refractivity contribution in [3.63, 3.8) is 0 Å². The van der Waals surface area contributed by atoms with Crippen LogP contribution in [0.5, 0.6) is 0 Å². The van der Waals surface area contributed by atoms with Crippen LogP contribution in [0.3, 0.4) is 0 Å². The number of carbonyl (C=O) groups excluding carboxylic acids is 1. The van der Waals surface area contributed by atoms with Crippen molar-refractivity contribution in [3.05, 3.63) is 46.4 Å². The van der Waals surface area contributed by atoms with E-state index in [2.05, 4.69) is 10.3 Å². The Hall–Kier alpha value is -1.88. The van der Waals surface area contributed by atoms with Crippen molar-refractivity contribution in [3.8, 4) is 0 Å². The SMILES string of the molecule is CCC(NC(=O)c1ccccc1N)c1nccs1. The second kappa shape index (κ2) is 5.64. The molecule has 18 heavy (non-hydrogen) atoms. The van der Waals surface area contributed by atoms with Gasteiger partial charge in [-0.25, -0.2) is 4.98 Å². The third-order valence-corrected chi connectivity index (χ3v) is 3.56. The van der Waals surface area contributed by atoms with Gasteiger partial charge in [0.2, 0.25) is 0 Å². The van der Waals surface area contributed by atoms with E-state index in [9.17, 15) is 4.79 Å². The minimum atomic E-state index is -0.157. The first-order valence-corrected chi connectivity index (χ1v) is 6.65. The number of nitrogens with zero attached hydrogens (tertiary/aromatic N) is 1. The van der Waals surface area contributed by atoms with Gasteiger partial charge in [0.25, 0.3) is 5.91 Å². The minimum absolute atomic E-state index is 0.0582. The van der Waals surface area contributed by atoms with E-state index < -0.39 is 0 Å². The summed E-state index contributed by atoms with van der Waals surface area (Å²) in [6.45, 7) is 2.01. The lowest BCUT2D eigenvalue weighted by Gasteiger charge is -2.15. The summed E-state index contributed by atoms with van der Waals surface area (Å²) in [7, 11) is 0. The zero-order valence-electron chi connectivity index (χ0n) is 10.1. The second-order valence-electron chi connectivity index (χ2n) is 3.89. The molecule has 0 saturated carbocycles. The Labute approximate surface area is 110 Å². The number of hydrogen-bond donors (Lipinski definition) is 2. The highest BCUT2D eigenvalue weighted by atomic mass is 32.1. The summed E-state index contributed by atoms with van der Waals surface area (Å²) in [6, 6.07) is 7.00. The Morgan fingerprint density at radius 1 is 1.50 bits per heavy atom. The highest BCUT2D eigenvalue weighted by Gasteiger charge is 2.17. The molecule has 0 saturated heterocycles. The first-order valence-electron chi connectivity index (χ1n) is 5.77. The summed E-state index contributed by atoms with van der Waals surface area (Å²) in [5.74, 6) is -0.157. The molecular weight excluding hydrogens is 246 g/mol. The molecule has 0 aliphatic rings. The standard InChI is InChI=1S/C13H15N3OS/c1-2-11(13-15-7-8-18-13)16-12(17)9-5-3-4-6-10(9)14/h3-8,11H,2,14H2,1H3,(H,16,17). The third kappa shape index (κ3) is 2.68. The number of benzene rings is 1. The topological polar surface area (TPSA) is 68.0 Å². The molecule has 0 radical (unpaired) electrons. The molecule has 1 heterocycles. The van der Waals surface area contributed by atoms with E-state index >= 15 is 0 Å². The molecule has 4 nitrogen and oxygen atoms in total. The average Bonchev–Trinajstić information content (AvgIpc) is 2.90. The lowest BCUT2D eigenvalue weighted by molar-refractivity contribution is 0.0936. The van der Waals surface area contributed by atoms with Gasteiger partial charge in [0, 0.05) is 17.3 Å². The van der Waals surface area contributed by atoms with Gasteiger partial charge in [-0.15, -0.1) is 11.3 Å². The van der Waals surface area contributed by atoms with E-state index in [-0.39, 0.29) is 11.9 Å². The Bertz CT molecular complexity index is 525. The number of carbonyl (C=O) groups is 1. The Morgan fingerprint density at radius 2 is 2.28 bits per heavy atom.